The summed E-state index contributed by atoms with van der Waals surface area (Å²) >= 11 is 1.45. The van der Waals surface area contributed by atoms with E-state index in [0.717, 1.165) is 47.4 Å². The largest absolute Gasteiger partial charge is 0.358 e. The van der Waals surface area contributed by atoms with Crippen molar-refractivity contribution < 1.29 is 9.00 Å². The van der Waals surface area contributed by atoms with E-state index >= 15 is 0 Å². The fourth-order valence-corrected chi connectivity index (χ4v) is 5.85. The van der Waals surface area contributed by atoms with Crippen LogP contribution in [0.5, 0.6) is 0 Å². The number of benzene rings is 1. The Labute approximate surface area is 175 Å². The second-order valence-electron chi connectivity index (χ2n) is 7.16. The molecule has 0 bridgehead atoms. The molecule has 7 nitrogen and oxygen atoms in total. The van der Waals surface area contributed by atoms with Crippen LogP contribution in [0.1, 0.15) is 41.8 Å². The summed E-state index contributed by atoms with van der Waals surface area (Å²) in [5, 5.41) is 11.1. The lowest BCUT2D eigenvalue weighted by atomic mass is 9.97. The first kappa shape index (κ1) is 19.6. The predicted octanol–water partition coefficient (Wildman–Crippen LogP) is 3.67. The number of nitrogens with one attached hydrogen (secondary N) is 2. The van der Waals surface area contributed by atoms with Crippen LogP contribution in [0, 0.1) is 18.3 Å². The number of fused-ring (bicyclic) bond motifs is 1. The number of carbonyl (C=O) groups is 1. The average Bonchev–Trinajstić information content (AvgIpc) is 3.38. The molecule has 2 N–H and O–H groups in total. The molecule has 29 heavy (non-hydrogen) atoms. The molecular formula is C20H21N5O2S2. The zero-order valence-corrected chi connectivity index (χ0v) is 17.8. The molecule has 0 aliphatic carbocycles. The first-order valence-corrected chi connectivity index (χ1v) is 11.3. The van der Waals surface area contributed by atoms with Gasteiger partial charge in [-0.1, -0.05) is 6.07 Å². The van der Waals surface area contributed by atoms with Crippen molar-refractivity contribution in [1.29, 1.82) is 5.26 Å². The lowest BCUT2D eigenvalue weighted by Crippen LogP contribution is -2.36. The van der Waals surface area contributed by atoms with Crippen LogP contribution in [0.2, 0.25) is 0 Å². The smallest absolute Gasteiger partial charge is 0.219 e. The van der Waals surface area contributed by atoms with Crippen LogP contribution in [0.4, 0.5) is 5.69 Å². The monoisotopic (exact) mass is 427 g/mol. The van der Waals surface area contributed by atoms with Gasteiger partial charge >= 0.3 is 0 Å². The summed E-state index contributed by atoms with van der Waals surface area (Å²) in [6.45, 7) is 5.03. The predicted molar refractivity (Wildman–Crippen MR) is 114 cm³/mol. The first-order chi connectivity index (χ1) is 14.0. The third-order valence-corrected chi connectivity index (χ3v) is 7.88. The topological polar surface area (TPSA) is 102 Å². The number of piperidine rings is 1. The van der Waals surface area contributed by atoms with Crippen molar-refractivity contribution >= 4 is 44.8 Å². The molecule has 1 amide bonds. The number of aryl methyl sites for hydroxylation is 1. The number of likely N-dealkylation sites (tertiary alicyclic amines) is 1. The number of anilines is 1. The molecule has 150 valence electrons. The SMILES string of the molecule is CC(=O)N1CCC(c2ncc(S(=O)Nc3ccc(C)c4c(C#N)c[nH]c34)s2)CC1. The van der Waals surface area contributed by atoms with Gasteiger partial charge in [0.1, 0.15) is 10.3 Å². The standard InChI is InChI=1S/C20H21N5O2S2/c1-12-3-4-16(19-18(12)15(9-21)10-22-19)24-29(27)17-11-23-20(28-17)14-5-7-25(8-6-14)13(2)26/h3-4,10-11,14,22,24H,5-8H2,1-2H3. The fourth-order valence-electron chi connectivity index (χ4n) is 3.73. The van der Waals surface area contributed by atoms with Crippen molar-refractivity contribution in [1.82, 2.24) is 14.9 Å². The van der Waals surface area contributed by atoms with Gasteiger partial charge in [-0.2, -0.15) is 5.26 Å². The van der Waals surface area contributed by atoms with Gasteiger partial charge in [0.2, 0.25) is 5.91 Å². The molecule has 0 spiro atoms. The highest BCUT2D eigenvalue weighted by Gasteiger charge is 2.25. The molecule has 1 aliphatic rings. The number of rotatable bonds is 4. The maximum atomic E-state index is 12.9. The summed E-state index contributed by atoms with van der Waals surface area (Å²) in [5.74, 6) is 0.413. The Morgan fingerprint density at radius 3 is 2.86 bits per heavy atom. The molecule has 1 atom stereocenters. The van der Waals surface area contributed by atoms with Gasteiger partial charge in [-0.3, -0.25) is 9.52 Å². The third kappa shape index (κ3) is 3.78. The van der Waals surface area contributed by atoms with Gasteiger partial charge in [-0.05, 0) is 31.4 Å². The number of aromatic amines is 1. The van der Waals surface area contributed by atoms with Crippen LogP contribution in [-0.2, 0) is 15.8 Å². The zero-order chi connectivity index (χ0) is 20.5. The van der Waals surface area contributed by atoms with E-state index in [1.165, 1.54) is 11.3 Å². The minimum absolute atomic E-state index is 0.113. The third-order valence-electron chi connectivity index (χ3n) is 5.34. The van der Waals surface area contributed by atoms with Gasteiger partial charge in [0, 0.05) is 37.5 Å². The van der Waals surface area contributed by atoms with E-state index < -0.39 is 11.0 Å². The highest BCUT2D eigenvalue weighted by Crippen LogP contribution is 2.33. The van der Waals surface area contributed by atoms with Gasteiger partial charge in [0.05, 0.1) is 28.0 Å². The summed E-state index contributed by atoms with van der Waals surface area (Å²) in [4.78, 5) is 21.0. The van der Waals surface area contributed by atoms with Gasteiger partial charge in [-0.25, -0.2) is 9.19 Å². The Bertz CT molecular complexity index is 1140. The second-order valence-corrected chi connectivity index (χ2v) is 9.66. The number of thiazole rings is 1. The van der Waals surface area contributed by atoms with E-state index in [4.69, 9.17) is 0 Å². The molecule has 1 aliphatic heterocycles. The molecule has 3 aromatic rings. The minimum atomic E-state index is -1.45. The first-order valence-electron chi connectivity index (χ1n) is 9.38. The van der Waals surface area contributed by atoms with Crippen molar-refractivity contribution in [3.05, 3.63) is 40.7 Å². The second kappa shape index (κ2) is 7.97. The summed E-state index contributed by atoms with van der Waals surface area (Å²) in [6, 6.07) is 5.97. The Kier molecular flexibility index (Phi) is 5.39. The number of nitriles is 1. The van der Waals surface area contributed by atoms with E-state index in [9.17, 15) is 14.3 Å². The molecule has 0 radical (unpaired) electrons. The van der Waals surface area contributed by atoms with Gasteiger partial charge in [-0.15, -0.1) is 11.3 Å². The molecule has 1 saturated heterocycles. The normalized spacial score (nSPS) is 16.0. The highest BCUT2D eigenvalue weighted by atomic mass is 32.2. The molecule has 9 heteroatoms. The molecule has 1 aromatic carbocycles. The van der Waals surface area contributed by atoms with Crippen molar-refractivity contribution in [3.63, 3.8) is 0 Å². The van der Waals surface area contributed by atoms with Crippen LogP contribution < -0.4 is 4.72 Å². The maximum absolute atomic E-state index is 12.9. The zero-order valence-electron chi connectivity index (χ0n) is 16.2. The van der Waals surface area contributed by atoms with Crippen LogP contribution >= 0.6 is 11.3 Å². The lowest BCUT2D eigenvalue weighted by molar-refractivity contribution is -0.129. The number of hydrogen-bond acceptors (Lipinski definition) is 5. The molecule has 2 aromatic heterocycles. The van der Waals surface area contributed by atoms with Crippen molar-refractivity contribution in [2.75, 3.05) is 17.8 Å². The van der Waals surface area contributed by atoms with Crippen molar-refractivity contribution in [2.45, 2.75) is 36.8 Å². The van der Waals surface area contributed by atoms with Gasteiger partial charge in [0.25, 0.3) is 0 Å². The quantitative estimate of drug-likeness (QED) is 0.663. The molecule has 4 rings (SSSR count). The minimum Gasteiger partial charge on any atom is -0.358 e. The van der Waals surface area contributed by atoms with E-state index in [1.54, 1.807) is 19.3 Å². The van der Waals surface area contributed by atoms with Crippen molar-refractivity contribution in [3.8, 4) is 6.07 Å². The van der Waals surface area contributed by atoms with E-state index in [1.807, 2.05) is 24.0 Å². The van der Waals surface area contributed by atoms with Gasteiger partial charge < -0.3 is 9.88 Å². The summed E-state index contributed by atoms with van der Waals surface area (Å²) < 4.78 is 16.6. The fraction of sp³-hybridized carbons (Fsp3) is 0.350. The maximum Gasteiger partial charge on any atom is 0.219 e. The summed E-state index contributed by atoms with van der Waals surface area (Å²) in [5.41, 5.74) is 3.03. The number of aromatic nitrogens is 2. The highest BCUT2D eigenvalue weighted by molar-refractivity contribution is 7.88. The molecule has 0 saturated carbocycles. The summed E-state index contributed by atoms with van der Waals surface area (Å²) in [6.07, 6.45) is 5.10. The number of hydrogen-bond donors (Lipinski definition) is 2. The molecule has 3 heterocycles. The van der Waals surface area contributed by atoms with Crippen molar-refractivity contribution in [2.24, 2.45) is 0 Å². The molecule has 1 fully saturated rings. The number of amides is 1. The van der Waals surface area contributed by atoms with E-state index in [0.29, 0.717) is 21.4 Å². The number of nitrogens with zero attached hydrogens (tertiary/aromatic N) is 3. The van der Waals surface area contributed by atoms with E-state index in [2.05, 4.69) is 20.8 Å². The summed E-state index contributed by atoms with van der Waals surface area (Å²) in [7, 11) is -1.45. The lowest BCUT2D eigenvalue weighted by Gasteiger charge is -2.30. The Balaban J connectivity index is 1.50. The molecular weight excluding hydrogens is 406 g/mol. The Morgan fingerprint density at radius 2 is 2.17 bits per heavy atom. The average molecular weight is 428 g/mol. The van der Waals surface area contributed by atoms with Crippen LogP contribution in [-0.4, -0.2) is 38.1 Å². The Hall–Kier alpha value is -2.70. The number of H-pyrrole nitrogens is 1. The van der Waals surface area contributed by atoms with Crippen LogP contribution in [0.25, 0.3) is 10.9 Å². The van der Waals surface area contributed by atoms with Gasteiger partial charge in [0.15, 0.2) is 11.0 Å². The Morgan fingerprint density at radius 1 is 1.41 bits per heavy atom. The number of carbonyl (C=O) groups excluding carboxylic acids is 1. The van der Waals surface area contributed by atoms with E-state index in [-0.39, 0.29) is 5.91 Å². The molecule has 1 unspecified atom stereocenters. The van der Waals surface area contributed by atoms with Crippen LogP contribution in [0.3, 0.4) is 0 Å². The van der Waals surface area contributed by atoms with Crippen LogP contribution in [0.15, 0.2) is 28.7 Å².